The highest BCUT2D eigenvalue weighted by Gasteiger charge is 2.40. The van der Waals surface area contributed by atoms with Crippen LogP contribution in [0.1, 0.15) is 22.3 Å². The fourth-order valence-corrected chi connectivity index (χ4v) is 6.44. The van der Waals surface area contributed by atoms with Gasteiger partial charge in [-0.05, 0) is 55.9 Å². The van der Waals surface area contributed by atoms with Crippen LogP contribution < -0.4 is 0 Å². The third kappa shape index (κ3) is 3.55. The van der Waals surface area contributed by atoms with Gasteiger partial charge in [0.15, 0.2) is 0 Å². The molecule has 0 nitrogen and oxygen atoms in total. The minimum absolute atomic E-state index is 0.525. The fraction of sp³-hybridized carbons (Fsp3) is 0.0303. The van der Waals surface area contributed by atoms with Gasteiger partial charge in [-0.2, -0.15) is 0 Å². The van der Waals surface area contributed by atoms with E-state index in [2.05, 4.69) is 165 Å². The van der Waals surface area contributed by atoms with E-state index in [4.69, 9.17) is 0 Å². The summed E-state index contributed by atoms with van der Waals surface area (Å²) in [4.78, 5) is 0. The highest BCUT2D eigenvalue weighted by molar-refractivity contribution is 9.11. The van der Waals surface area contributed by atoms with Gasteiger partial charge in [0.2, 0.25) is 0 Å². The van der Waals surface area contributed by atoms with E-state index in [-0.39, 0.29) is 0 Å². The molecule has 0 saturated carbocycles. The van der Waals surface area contributed by atoms with E-state index in [0.29, 0.717) is 0 Å². The predicted octanol–water partition coefficient (Wildman–Crippen LogP) is 9.90. The molecule has 0 fully saturated rings. The van der Waals surface area contributed by atoms with Crippen LogP contribution in [-0.2, 0) is 5.41 Å². The van der Waals surface area contributed by atoms with Crippen LogP contribution in [0, 0.1) is 0 Å². The highest BCUT2D eigenvalue weighted by Crippen LogP contribution is 2.50. The van der Waals surface area contributed by atoms with Crippen LogP contribution in [0.5, 0.6) is 0 Å². The molecule has 6 rings (SSSR count). The summed E-state index contributed by atoms with van der Waals surface area (Å²) in [7, 11) is 0. The van der Waals surface area contributed by atoms with E-state index < -0.39 is 5.41 Å². The largest absolute Gasteiger partial charge is 0.0713 e. The molecule has 0 atom stereocenters. The number of rotatable bonds is 4. The molecule has 0 aromatic heterocycles. The third-order valence-electron chi connectivity index (χ3n) is 6.96. The Kier molecular flexibility index (Phi) is 5.80. The number of benzene rings is 6. The van der Waals surface area contributed by atoms with Crippen molar-refractivity contribution >= 4 is 53.4 Å². The molecule has 2 heteroatoms. The molecule has 6 aromatic carbocycles. The summed E-state index contributed by atoms with van der Waals surface area (Å²) in [6, 6.07) is 48.2. The molecule has 0 spiro atoms. The van der Waals surface area contributed by atoms with Gasteiger partial charge in [-0.15, -0.1) is 0 Å². The molecule has 0 radical (unpaired) electrons. The minimum Gasteiger partial charge on any atom is -0.0622 e. The van der Waals surface area contributed by atoms with Gasteiger partial charge >= 0.3 is 0 Å². The van der Waals surface area contributed by atoms with Gasteiger partial charge in [0.25, 0.3) is 0 Å². The Labute approximate surface area is 222 Å². The molecule has 6 aromatic rings. The van der Waals surface area contributed by atoms with Gasteiger partial charge in [-0.1, -0.05) is 153 Å². The summed E-state index contributed by atoms with van der Waals surface area (Å²) < 4.78 is 2.21. The van der Waals surface area contributed by atoms with Crippen molar-refractivity contribution in [2.24, 2.45) is 0 Å². The Balaban J connectivity index is 1.88. The highest BCUT2D eigenvalue weighted by atomic mass is 79.9. The SMILES string of the molecule is Brc1ccc(C(c2ccccc2)(c2ccccc2)c2ccc(Br)c3ccccc23)c2ccccc12. The van der Waals surface area contributed by atoms with Gasteiger partial charge in [-0.3, -0.25) is 0 Å². The third-order valence-corrected chi connectivity index (χ3v) is 8.35. The summed E-state index contributed by atoms with van der Waals surface area (Å²) in [5.74, 6) is 0. The molecule has 0 saturated heterocycles. The van der Waals surface area contributed by atoms with Crippen molar-refractivity contribution in [3.63, 3.8) is 0 Å². The van der Waals surface area contributed by atoms with Crippen molar-refractivity contribution in [3.05, 3.63) is 165 Å². The van der Waals surface area contributed by atoms with Crippen LogP contribution in [-0.4, -0.2) is 0 Å². The van der Waals surface area contributed by atoms with Crippen LogP contribution >= 0.6 is 31.9 Å². The Morgan fingerprint density at radius 2 is 0.686 bits per heavy atom. The lowest BCUT2D eigenvalue weighted by molar-refractivity contribution is 0.760. The van der Waals surface area contributed by atoms with Gasteiger partial charge in [0.05, 0.1) is 5.41 Å². The monoisotopic (exact) mass is 576 g/mol. The zero-order valence-corrected chi connectivity index (χ0v) is 22.1. The maximum Gasteiger partial charge on any atom is 0.0713 e. The van der Waals surface area contributed by atoms with E-state index in [1.54, 1.807) is 0 Å². The van der Waals surface area contributed by atoms with Crippen molar-refractivity contribution < 1.29 is 0 Å². The lowest BCUT2D eigenvalue weighted by atomic mass is 9.63. The van der Waals surface area contributed by atoms with Crippen LogP contribution in [0.3, 0.4) is 0 Å². The van der Waals surface area contributed by atoms with E-state index in [1.807, 2.05) is 0 Å². The molecule has 0 aliphatic carbocycles. The Bertz CT molecular complexity index is 1530. The smallest absolute Gasteiger partial charge is 0.0622 e. The average Bonchev–Trinajstić information content (AvgIpc) is 2.93. The first kappa shape index (κ1) is 22.3. The molecular formula is C33H22Br2. The molecule has 35 heavy (non-hydrogen) atoms. The topological polar surface area (TPSA) is 0 Å². The lowest BCUT2D eigenvalue weighted by Gasteiger charge is -2.38. The van der Waals surface area contributed by atoms with Crippen molar-refractivity contribution in [1.29, 1.82) is 0 Å². The summed E-state index contributed by atoms with van der Waals surface area (Å²) in [6.45, 7) is 0. The average molecular weight is 578 g/mol. The van der Waals surface area contributed by atoms with E-state index in [9.17, 15) is 0 Å². The molecule has 0 amide bonds. The van der Waals surface area contributed by atoms with Crippen molar-refractivity contribution in [2.75, 3.05) is 0 Å². The summed E-state index contributed by atoms with van der Waals surface area (Å²) in [5, 5.41) is 4.90. The second kappa shape index (κ2) is 9.11. The van der Waals surface area contributed by atoms with Crippen LogP contribution in [0.25, 0.3) is 21.5 Å². The second-order valence-corrected chi connectivity index (χ2v) is 10.5. The molecule has 0 bridgehead atoms. The number of halogens is 2. The summed E-state index contributed by atoms with van der Waals surface area (Å²) in [6.07, 6.45) is 0. The van der Waals surface area contributed by atoms with E-state index in [0.717, 1.165) is 8.95 Å². The van der Waals surface area contributed by atoms with Crippen LogP contribution in [0.15, 0.2) is 142 Å². The van der Waals surface area contributed by atoms with Crippen molar-refractivity contribution in [2.45, 2.75) is 5.41 Å². The van der Waals surface area contributed by atoms with E-state index >= 15 is 0 Å². The van der Waals surface area contributed by atoms with Crippen LogP contribution in [0.4, 0.5) is 0 Å². The molecule has 0 aliphatic heterocycles. The molecule has 0 N–H and O–H groups in total. The van der Waals surface area contributed by atoms with Crippen molar-refractivity contribution in [1.82, 2.24) is 0 Å². The van der Waals surface area contributed by atoms with Gasteiger partial charge in [-0.25, -0.2) is 0 Å². The number of hydrogen-bond acceptors (Lipinski definition) is 0. The normalized spacial score (nSPS) is 11.7. The zero-order chi connectivity index (χ0) is 23.8. The Hall–Kier alpha value is -3.20. The quantitative estimate of drug-likeness (QED) is 0.183. The molecular weight excluding hydrogens is 556 g/mol. The Morgan fingerprint density at radius 3 is 1.09 bits per heavy atom. The number of fused-ring (bicyclic) bond motifs is 2. The first-order chi connectivity index (χ1) is 17.2. The fourth-order valence-electron chi connectivity index (χ4n) is 5.49. The zero-order valence-electron chi connectivity index (χ0n) is 19.0. The molecule has 0 heterocycles. The maximum absolute atomic E-state index is 3.81. The first-order valence-electron chi connectivity index (χ1n) is 11.7. The van der Waals surface area contributed by atoms with Gasteiger partial charge in [0.1, 0.15) is 0 Å². The standard InChI is InChI=1S/C33H22Br2/c34-31-21-19-29(25-15-7-9-17-27(25)31)33(23-11-3-1-4-12-23,24-13-5-2-6-14-24)30-20-22-32(35)28-18-10-8-16-26(28)30/h1-22H. The number of hydrogen-bond donors (Lipinski definition) is 0. The predicted molar refractivity (Wildman–Crippen MR) is 155 cm³/mol. The van der Waals surface area contributed by atoms with Gasteiger partial charge in [0, 0.05) is 8.95 Å². The lowest BCUT2D eigenvalue weighted by Crippen LogP contribution is -2.31. The maximum atomic E-state index is 3.81. The summed E-state index contributed by atoms with van der Waals surface area (Å²) >= 11 is 7.62. The molecule has 0 aliphatic rings. The molecule has 0 unspecified atom stereocenters. The van der Waals surface area contributed by atoms with E-state index in [1.165, 1.54) is 43.8 Å². The molecule has 168 valence electrons. The van der Waals surface area contributed by atoms with Crippen molar-refractivity contribution in [3.8, 4) is 0 Å². The first-order valence-corrected chi connectivity index (χ1v) is 13.3. The minimum atomic E-state index is -0.525. The van der Waals surface area contributed by atoms with Crippen LogP contribution in [0.2, 0.25) is 0 Å². The summed E-state index contributed by atoms with van der Waals surface area (Å²) in [5.41, 5.74) is 4.49. The Morgan fingerprint density at radius 1 is 0.343 bits per heavy atom. The second-order valence-electron chi connectivity index (χ2n) is 8.76. The van der Waals surface area contributed by atoms with Gasteiger partial charge < -0.3 is 0 Å².